The molecule has 7 nitrogen and oxygen atoms in total. The van der Waals surface area contributed by atoms with Crippen molar-refractivity contribution in [2.45, 2.75) is 32.9 Å². The highest BCUT2D eigenvalue weighted by Crippen LogP contribution is 2.23. The van der Waals surface area contributed by atoms with Gasteiger partial charge < -0.3 is 19.0 Å². The van der Waals surface area contributed by atoms with E-state index in [4.69, 9.17) is 9.26 Å². The van der Waals surface area contributed by atoms with Crippen LogP contribution in [0.5, 0.6) is 5.75 Å². The predicted octanol–water partition coefficient (Wildman–Crippen LogP) is 3.84. The van der Waals surface area contributed by atoms with Crippen molar-refractivity contribution in [1.29, 1.82) is 0 Å². The Balaban J connectivity index is 0.00000240. The summed E-state index contributed by atoms with van der Waals surface area (Å²) < 4.78 is 13.3. The lowest BCUT2D eigenvalue weighted by Gasteiger charge is -2.05. The van der Waals surface area contributed by atoms with Crippen molar-refractivity contribution in [1.82, 2.24) is 24.8 Å². The zero-order valence-corrected chi connectivity index (χ0v) is 17.4. The fourth-order valence-corrected chi connectivity index (χ4v) is 2.93. The van der Waals surface area contributed by atoms with Gasteiger partial charge in [-0.3, -0.25) is 0 Å². The van der Waals surface area contributed by atoms with Crippen molar-refractivity contribution in [2.75, 3.05) is 7.05 Å². The molecule has 0 aliphatic rings. The first kappa shape index (κ1) is 20.8. The second-order valence-electron chi connectivity index (χ2n) is 6.93. The van der Waals surface area contributed by atoms with Gasteiger partial charge in [0.2, 0.25) is 0 Å². The van der Waals surface area contributed by atoms with E-state index in [0.29, 0.717) is 24.7 Å². The molecule has 8 heteroatoms. The van der Waals surface area contributed by atoms with Crippen LogP contribution in [0.15, 0.2) is 53.3 Å². The highest BCUT2D eigenvalue weighted by Gasteiger charge is 2.12. The Morgan fingerprint density at radius 3 is 2.86 bits per heavy atom. The van der Waals surface area contributed by atoms with Crippen LogP contribution in [0.4, 0.5) is 0 Å². The van der Waals surface area contributed by atoms with Gasteiger partial charge in [0.1, 0.15) is 18.0 Å². The standard InChI is InChI=1S/C21H23N5O2.ClH/c1-14-7-8-20-23-17(12-26(20)11-14)13-27-18-6-4-5-16(10-18)21-24-19(25-28-21)9-15(2)22-3;/h4-8,10-12,15,22H,9,13H2,1-3H3;1H. The summed E-state index contributed by atoms with van der Waals surface area (Å²) >= 11 is 0. The molecule has 3 heterocycles. The van der Waals surface area contributed by atoms with Gasteiger partial charge in [-0.15, -0.1) is 12.4 Å². The van der Waals surface area contributed by atoms with Crippen LogP contribution in [0.3, 0.4) is 0 Å². The number of likely N-dealkylation sites (N-methyl/N-ethyl adjacent to an activating group) is 1. The summed E-state index contributed by atoms with van der Waals surface area (Å²) in [6.07, 6.45) is 4.75. The topological polar surface area (TPSA) is 77.5 Å². The summed E-state index contributed by atoms with van der Waals surface area (Å²) in [5.41, 5.74) is 3.80. The largest absolute Gasteiger partial charge is 0.487 e. The molecule has 29 heavy (non-hydrogen) atoms. The average molecular weight is 414 g/mol. The van der Waals surface area contributed by atoms with E-state index in [1.165, 1.54) is 5.56 Å². The summed E-state index contributed by atoms with van der Waals surface area (Å²) in [5.74, 6) is 1.91. The third-order valence-electron chi connectivity index (χ3n) is 4.57. The van der Waals surface area contributed by atoms with Crippen LogP contribution in [0.25, 0.3) is 17.1 Å². The number of aryl methyl sites for hydroxylation is 1. The van der Waals surface area contributed by atoms with Crippen molar-refractivity contribution < 1.29 is 9.26 Å². The van der Waals surface area contributed by atoms with Gasteiger partial charge in [-0.05, 0) is 50.7 Å². The highest BCUT2D eigenvalue weighted by molar-refractivity contribution is 5.85. The third kappa shape index (κ3) is 4.93. The Morgan fingerprint density at radius 1 is 1.17 bits per heavy atom. The second-order valence-corrected chi connectivity index (χ2v) is 6.93. The predicted molar refractivity (Wildman–Crippen MR) is 113 cm³/mol. The van der Waals surface area contributed by atoms with Crippen molar-refractivity contribution >= 4 is 18.1 Å². The lowest BCUT2D eigenvalue weighted by atomic mass is 10.2. The molecule has 0 spiro atoms. The minimum Gasteiger partial charge on any atom is -0.487 e. The Labute approximate surface area is 175 Å². The van der Waals surface area contributed by atoms with E-state index in [-0.39, 0.29) is 18.4 Å². The molecular weight excluding hydrogens is 390 g/mol. The first-order valence-electron chi connectivity index (χ1n) is 9.28. The first-order valence-corrected chi connectivity index (χ1v) is 9.28. The molecule has 4 rings (SSSR count). The summed E-state index contributed by atoms with van der Waals surface area (Å²) in [6, 6.07) is 12.0. The minimum absolute atomic E-state index is 0. The smallest absolute Gasteiger partial charge is 0.258 e. The zero-order valence-electron chi connectivity index (χ0n) is 16.6. The number of imidazole rings is 1. The molecule has 1 N–H and O–H groups in total. The molecule has 4 aromatic rings. The van der Waals surface area contributed by atoms with E-state index < -0.39 is 0 Å². The summed E-state index contributed by atoms with van der Waals surface area (Å²) in [5, 5.41) is 7.22. The summed E-state index contributed by atoms with van der Waals surface area (Å²) in [4.78, 5) is 9.06. The molecule has 0 aliphatic heterocycles. The Bertz CT molecular complexity index is 1090. The number of halogens is 1. The lowest BCUT2D eigenvalue weighted by Crippen LogP contribution is -2.24. The maximum atomic E-state index is 5.93. The molecule has 0 bridgehead atoms. The van der Waals surface area contributed by atoms with Gasteiger partial charge in [0.15, 0.2) is 5.82 Å². The molecule has 0 saturated carbocycles. The Morgan fingerprint density at radius 2 is 2.03 bits per heavy atom. The lowest BCUT2D eigenvalue weighted by molar-refractivity contribution is 0.302. The van der Waals surface area contributed by atoms with Crippen molar-refractivity contribution in [3.8, 4) is 17.2 Å². The number of nitrogens with zero attached hydrogens (tertiary/aromatic N) is 4. The maximum absolute atomic E-state index is 5.93. The molecule has 1 unspecified atom stereocenters. The normalized spacial score (nSPS) is 12.0. The van der Waals surface area contributed by atoms with E-state index in [9.17, 15) is 0 Å². The number of ether oxygens (including phenoxy) is 1. The number of hydrogen-bond acceptors (Lipinski definition) is 6. The maximum Gasteiger partial charge on any atom is 0.258 e. The third-order valence-corrected chi connectivity index (χ3v) is 4.57. The van der Waals surface area contributed by atoms with E-state index in [0.717, 1.165) is 22.7 Å². The number of pyridine rings is 1. The molecule has 0 aliphatic carbocycles. The molecule has 1 aromatic carbocycles. The number of aromatic nitrogens is 4. The number of fused-ring (bicyclic) bond motifs is 1. The van der Waals surface area contributed by atoms with Gasteiger partial charge in [-0.2, -0.15) is 4.98 Å². The summed E-state index contributed by atoms with van der Waals surface area (Å²) in [6.45, 7) is 4.52. The van der Waals surface area contributed by atoms with Gasteiger partial charge in [-0.25, -0.2) is 4.98 Å². The zero-order chi connectivity index (χ0) is 19.5. The second kappa shape index (κ2) is 9.07. The number of benzene rings is 1. The first-order chi connectivity index (χ1) is 13.6. The Kier molecular flexibility index (Phi) is 6.51. The number of nitrogens with one attached hydrogen (secondary N) is 1. The van der Waals surface area contributed by atoms with Crippen molar-refractivity contribution in [3.05, 3.63) is 65.9 Å². The molecule has 0 amide bonds. The van der Waals surface area contributed by atoms with Crippen LogP contribution in [-0.4, -0.2) is 32.6 Å². The van der Waals surface area contributed by atoms with E-state index in [1.807, 2.05) is 54.0 Å². The molecule has 1 atom stereocenters. The van der Waals surface area contributed by atoms with Gasteiger partial charge in [0.25, 0.3) is 5.89 Å². The van der Waals surface area contributed by atoms with Crippen LogP contribution in [0.1, 0.15) is 24.0 Å². The van der Waals surface area contributed by atoms with Gasteiger partial charge in [0.05, 0.1) is 5.69 Å². The van der Waals surface area contributed by atoms with E-state index in [1.54, 1.807) is 0 Å². The molecule has 0 saturated heterocycles. The molecule has 3 aromatic heterocycles. The van der Waals surface area contributed by atoms with Crippen LogP contribution >= 0.6 is 12.4 Å². The Hall–Kier alpha value is -2.90. The van der Waals surface area contributed by atoms with E-state index >= 15 is 0 Å². The summed E-state index contributed by atoms with van der Waals surface area (Å²) in [7, 11) is 1.91. The fourth-order valence-electron chi connectivity index (χ4n) is 2.93. The fraction of sp³-hybridized carbons (Fsp3) is 0.286. The van der Waals surface area contributed by atoms with Crippen LogP contribution < -0.4 is 10.1 Å². The quantitative estimate of drug-likeness (QED) is 0.496. The average Bonchev–Trinajstić information content (AvgIpc) is 3.32. The number of rotatable bonds is 7. The minimum atomic E-state index is 0. The van der Waals surface area contributed by atoms with E-state index in [2.05, 4.69) is 40.5 Å². The van der Waals surface area contributed by atoms with Gasteiger partial charge >= 0.3 is 0 Å². The monoisotopic (exact) mass is 413 g/mol. The molecule has 152 valence electrons. The van der Waals surface area contributed by atoms with Crippen LogP contribution in [-0.2, 0) is 13.0 Å². The van der Waals surface area contributed by atoms with Crippen molar-refractivity contribution in [3.63, 3.8) is 0 Å². The van der Waals surface area contributed by atoms with Crippen LogP contribution in [0.2, 0.25) is 0 Å². The number of hydrogen-bond donors (Lipinski definition) is 1. The van der Waals surface area contributed by atoms with Crippen LogP contribution in [0, 0.1) is 6.92 Å². The SMILES string of the molecule is CNC(C)Cc1noc(-c2cccc(OCc3cn4cc(C)ccc4n3)c2)n1.Cl. The van der Waals surface area contributed by atoms with Crippen molar-refractivity contribution in [2.24, 2.45) is 0 Å². The molecule has 0 fully saturated rings. The van der Waals surface area contributed by atoms with Gasteiger partial charge in [0, 0.05) is 30.4 Å². The molecular formula is C21H24ClN5O2. The highest BCUT2D eigenvalue weighted by atomic mass is 35.5. The van der Waals surface area contributed by atoms with Gasteiger partial charge in [-0.1, -0.05) is 17.3 Å². The molecule has 0 radical (unpaired) electrons.